The molecular weight excluding hydrogens is 609 g/mol. The molecule has 6 aromatic rings. The van der Waals surface area contributed by atoms with Crippen LogP contribution in [0.1, 0.15) is 30.4 Å². The Balaban J connectivity index is 1.16. The van der Waals surface area contributed by atoms with Gasteiger partial charge in [-0.2, -0.15) is 4.98 Å². The van der Waals surface area contributed by atoms with E-state index in [0.29, 0.717) is 50.8 Å². The molecule has 0 N–H and O–H groups in total. The standard InChI is InChI=1S/C38H38FN5O4/c1-45-30-10-5-25(6-11-30)22-43(23-26-7-12-31(46-2)13-8-26)38-41-32-19-27(9-14-34(32)48-38)37-40-33-20-29(42-17-15-28(39)24-42)21-35-36(33)44(37)16-3-4-18-47-35/h5-14,19-21,28H,3-4,15-18,22-24H2,1-2H3. The lowest BCUT2D eigenvalue weighted by Crippen LogP contribution is -2.22. The summed E-state index contributed by atoms with van der Waals surface area (Å²) in [6, 6.07) is 26.8. The second-order valence-corrected chi connectivity index (χ2v) is 12.5. The lowest BCUT2D eigenvalue weighted by Gasteiger charge is -2.21. The van der Waals surface area contributed by atoms with Crippen molar-refractivity contribution in [2.45, 2.75) is 45.1 Å². The van der Waals surface area contributed by atoms with Crippen molar-refractivity contribution in [1.29, 1.82) is 0 Å². The largest absolute Gasteiger partial charge is 0.497 e. The van der Waals surface area contributed by atoms with Crippen molar-refractivity contribution in [3.63, 3.8) is 0 Å². The molecule has 2 aliphatic heterocycles. The fourth-order valence-corrected chi connectivity index (χ4v) is 6.74. The summed E-state index contributed by atoms with van der Waals surface area (Å²) in [6.07, 6.45) is 1.67. The number of fused-ring (bicyclic) bond motifs is 1. The molecule has 2 aromatic heterocycles. The first-order valence-electron chi connectivity index (χ1n) is 16.5. The quantitative estimate of drug-likeness (QED) is 0.157. The van der Waals surface area contributed by atoms with Crippen LogP contribution in [0.5, 0.6) is 17.2 Å². The third-order valence-corrected chi connectivity index (χ3v) is 9.29. The van der Waals surface area contributed by atoms with E-state index in [9.17, 15) is 4.39 Å². The summed E-state index contributed by atoms with van der Waals surface area (Å²) in [5.74, 6) is 3.29. The predicted octanol–water partition coefficient (Wildman–Crippen LogP) is 7.79. The molecule has 8 rings (SSSR count). The molecule has 1 saturated heterocycles. The van der Waals surface area contributed by atoms with Crippen LogP contribution in [-0.4, -0.2) is 54.6 Å². The minimum Gasteiger partial charge on any atom is -0.497 e. The van der Waals surface area contributed by atoms with Crippen LogP contribution < -0.4 is 24.0 Å². The number of anilines is 2. The second kappa shape index (κ2) is 12.7. The summed E-state index contributed by atoms with van der Waals surface area (Å²) in [5, 5.41) is 0. The summed E-state index contributed by atoms with van der Waals surface area (Å²) in [7, 11) is 3.34. The summed E-state index contributed by atoms with van der Waals surface area (Å²) in [6.45, 7) is 3.77. The number of halogens is 1. The van der Waals surface area contributed by atoms with Crippen LogP contribution in [0, 0.1) is 0 Å². The minimum absolute atomic E-state index is 0.400. The monoisotopic (exact) mass is 647 g/mol. The van der Waals surface area contributed by atoms with Crippen molar-refractivity contribution in [3.05, 3.63) is 90.0 Å². The molecule has 0 aliphatic carbocycles. The molecule has 48 heavy (non-hydrogen) atoms. The van der Waals surface area contributed by atoms with Crippen LogP contribution in [0.15, 0.2) is 83.3 Å². The number of imidazole rings is 1. The molecular formula is C38H38FN5O4. The zero-order valence-electron chi connectivity index (χ0n) is 27.2. The summed E-state index contributed by atoms with van der Waals surface area (Å²) in [5.41, 5.74) is 7.42. The molecule has 0 amide bonds. The van der Waals surface area contributed by atoms with E-state index in [2.05, 4.69) is 56.8 Å². The van der Waals surface area contributed by atoms with E-state index in [1.54, 1.807) is 14.2 Å². The van der Waals surface area contributed by atoms with Crippen molar-refractivity contribution in [2.75, 3.05) is 43.7 Å². The van der Waals surface area contributed by atoms with E-state index < -0.39 is 6.17 Å². The fraction of sp³-hybridized carbons (Fsp3) is 0.316. The van der Waals surface area contributed by atoms with Crippen LogP contribution >= 0.6 is 0 Å². The summed E-state index contributed by atoms with van der Waals surface area (Å²) < 4.78 is 39.8. The molecule has 2 aliphatic rings. The Labute approximate surface area is 278 Å². The number of benzene rings is 4. The van der Waals surface area contributed by atoms with Gasteiger partial charge in [-0.1, -0.05) is 24.3 Å². The molecule has 1 unspecified atom stereocenters. The van der Waals surface area contributed by atoms with E-state index in [1.807, 2.05) is 36.4 Å². The Morgan fingerprint density at radius 3 is 2.23 bits per heavy atom. The topological polar surface area (TPSA) is 78.0 Å². The van der Waals surface area contributed by atoms with E-state index in [4.69, 9.17) is 28.6 Å². The number of methoxy groups -OCH3 is 2. The predicted molar refractivity (Wildman–Crippen MR) is 185 cm³/mol. The molecule has 0 bridgehead atoms. The fourth-order valence-electron chi connectivity index (χ4n) is 6.74. The van der Waals surface area contributed by atoms with Crippen LogP contribution in [0.3, 0.4) is 0 Å². The Kier molecular flexibility index (Phi) is 7.99. The molecule has 246 valence electrons. The number of nitrogens with zero attached hydrogens (tertiary/aromatic N) is 5. The van der Waals surface area contributed by atoms with Gasteiger partial charge < -0.3 is 33.0 Å². The van der Waals surface area contributed by atoms with Crippen molar-refractivity contribution in [2.24, 2.45) is 0 Å². The van der Waals surface area contributed by atoms with Gasteiger partial charge in [0, 0.05) is 50.0 Å². The van der Waals surface area contributed by atoms with Gasteiger partial charge in [-0.05, 0) is 78.9 Å². The van der Waals surface area contributed by atoms with Gasteiger partial charge in [-0.15, -0.1) is 0 Å². The van der Waals surface area contributed by atoms with Crippen molar-refractivity contribution >= 4 is 33.8 Å². The number of rotatable bonds is 9. The Hall–Kier alpha value is -5.25. The highest BCUT2D eigenvalue weighted by Crippen LogP contribution is 2.38. The molecule has 4 heterocycles. The van der Waals surface area contributed by atoms with Crippen molar-refractivity contribution in [1.82, 2.24) is 14.5 Å². The lowest BCUT2D eigenvalue weighted by molar-refractivity contribution is 0.299. The van der Waals surface area contributed by atoms with Gasteiger partial charge >= 0.3 is 0 Å². The lowest BCUT2D eigenvalue weighted by atomic mass is 10.1. The second-order valence-electron chi connectivity index (χ2n) is 12.5. The zero-order chi connectivity index (χ0) is 32.6. The highest BCUT2D eigenvalue weighted by molar-refractivity contribution is 5.91. The van der Waals surface area contributed by atoms with Gasteiger partial charge in [0.05, 0.1) is 26.3 Å². The molecule has 9 nitrogen and oxygen atoms in total. The molecule has 10 heteroatoms. The maximum atomic E-state index is 14.1. The van der Waals surface area contributed by atoms with Gasteiger partial charge in [-0.25, -0.2) is 9.37 Å². The van der Waals surface area contributed by atoms with Crippen molar-refractivity contribution in [3.8, 4) is 28.6 Å². The van der Waals surface area contributed by atoms with E-state index in [0.717, 1.165) is 81.4 Å². The maximum Gasteiger partial charge on any atom is 0.298 e. The smallest absolute Gasteiger partial charge is 0.298 e. The summed E-state index contributed by atoms with van der Waals surface area (Å²) in [4.78, 5) is 14.4. The number of hydrogen-bond acceptors (Lipinski definition) is 8. The maximum absolute atomic E-state index is 14.1. The highest BCUT2D eigenvalue weighted by atomic mass is 19.1. The van der Waals surface area contributed by atoms with E-state index in [1.165, 1.54) is 0 Å². The van der Waals surface area contributed by atoms with E-state index >= 15 is 0 Å². The SMILES string of the molecule is COc1ccc(CN(Cc2ccc(OC)cc2)c2nc3cc(-c4nc5cc(N6CCC(F)C6)cc6c5n4CCCCO6)ccc3o2)cc1. The number of hydrogen-bond donors (Lipinski definition) is 0. The first-order valence-corrected chi connectivity index (χ1v) is 16.5. The summed E-state index contributed by atoms with van der Waals surface area (Å²) >= 11 is 0. The number of aromatic nitrogens is 3. The number of oxazole rings is 1. The van der Waals surface area contributed by atoms with Crippen LogP contribution in [0.4, 0.5) is 16.1 Å². The average Bonchev–Trinajstić information content (AvgIpc) is 3.83. The molecule has 0 spiro atoms. The number of alkyl halides is 1. The Morgan fingerprint density at radius 2 is 1.56 bits per heavy atom. The van der Waals surface area contributed by atoms with Crippen LogP contribution in [-0.2, 0) is 19.6 Å². The first kappa shape index (κ1) is 30.1. The van der Waals surface area contributed by atoms with E-state index in [-0.39, 0.29) is 0 Å². The Bertz CT molecular complexity index is 2010. The molecule has 1 fully saturated rings. The Morgan fingerprint density at radius 1 is 0.833 bits per heavy atom. The third kappa shape index (κ3) is 5.87. The minimum atomic E-state index is -0.806. The highest BCUT2D eigenvalue weighted by Gasteiger charge is 2.26. The first-order chi connectivity index (χ1) is 23.5. The molecule has 4 aromatic carbocycles. The van der Waals surface area contributed by atoms with Gasteiger partial charge in [-0.3, -0.25) is 0 Å². The molecule has 0 saturated carbocycles. The normalized spacial score (nSPS) is 16.1. The molecule has 1 atom stereocenters. The van der Waals surface area contributed by atoms with Crippen LogP contribution in [0.2, 0.25) is 0 Å². The molecule has 0 radical (unpaired) electrons. The zero-order valence-corrected chi connectivity index (χ0v) is 27.2. The van der Waals surface area contributed by atoms with Gasteiger partial charge in [0.1, 0.15) is 40.3 Å². The third-order valence-electron chi connectivity index (χ3n) is 9.29. The van der Waals surface area contributed by atoms with Gasteiger partial charge in [0.2, 0.25) is 0 Å². The number of ether oxygens (including phenoxy) is 3. The van der Waals surface area contributed by atoms with Crippen molar-refractivity contribution < 1.29 is 23.0 Å². The van der Waals surface area contributed by atoms with Gasteiger partial charge in [0.15, 0.2) is 5.58 Å². The average molecular weight is 648 g/mol. The van der Waals surface area contributed by atoms with Gasteiger partial charge in [0.25, 0.3) is 6.01 Å². The van der Waals surface area contributed by atoms with Crippen LogP contribution in [0.25, 0.3) is 33.5 Å². The number of aryl methyl sites for hydroxylation is 1.